The first-order chi connectivity index (χ1) is 13.7. The van der Waals surface area contributed by atoms with Gasteiger partial charge in [-0.25, -0.2) is 8.42 Å². The molecule has 1 amide bonds. The fourth-order valence-electron chi connectivity index (χ4n) is 2.97. The van der Waals surface area contributed by atoms with Crippen molar-refractivity contribution < 1.29 is 17.9 Å². The second-order valence-corrected chi connectivity index (χ2v) is 9.66. The van der Waals surface area contributed by atoms with Crippen LogP contribution >= 0.6 is 34.8 Å². The molecule has 0 radical (unpaired) electrons. The largest absolute Gasteiger partial charge is 0.379 e. The predicted molar refractivity (Wildman–Crippen MR) is 113 cm³/mol. The SMILES string of the molecule is CN(Cc1cccc(Cl)c1Cl)C(=O)c1cc(S(=O)(=O)N2CCOCC2)ccc1Cl. The van der Waals surface area contributed by atoms with Crippen molar-refractivity contribution in [3.05, 3.63) is 62.6 Å². The van der Waals surface area contributed by atoms with Gasteiger partial charge in [-0.05, 0) is 29.8 Å². The van der Waals surface area contributed by atoms with Crippen LogP contribution in [0.3, 0.4) is 0 Å². The van der Waals surface area contributed by atoms with Crippen LogP contribution in [-0.4, -0.2) is 56.9 Å². The van der Waals surface area contributed by atoms with Crippen LogP contribution < -0.4 is 0 Å². The first-order valence-electron chi connectivity index (χ1n) is 8.77. The zero-order chi connectivity index (χ0) is 21.2. The number of hydrogen-bond acceptors (Lipinski definition) is 4. The Morgan fingerprint density at radius 2 is 1.79 bits per heavy atom. The smallest absolute Gasteiger partial charge is 0.255 e. The molecule has 10 heteroatoms. The highest BCUT2D eigenvalue weighted by Crippen LogP contribution is 2.28. The van der Waals surface area contributed by atoms with E-state index in [-0.39, 0.29) is 35.1 Å². The molecule has 1 heterocycles. The van der Waals surface area contributed by atoms with Gasteiger partial charge < -0.3 is 9.64 Å². The number of carbonyl (C=O) groups excluding carboxylic acids is 1. The van der Waals surface area contributed by atoms with Crippen LogP contribution in [-0.2, 0) is 21.3 Å². The summed E-state index contributed by atoms with van der Waals surface area (Å²) >= 11 is 18.4. The van der Waals surface area contributed by atoms with Crippen molar-refractivity contribution in [1.29, 1.82) is 0 Å². The average Bonchev–Trinajstić information content (AvgIpc) is 2.71. The molecule has 0 N–H and O–H groups in total. The number of halogens is 3. The molecule has 2 aromatic carbocycles. The Hall–Kier alpha value is -1.35. The van der Waals surface area contributed by atoms with Crippen LogP contribution in [0, 0.1) is 0 Å². The van der Waals surface area contributed by atoms with Gasteiger partial charge in [0.25, 0.3) is 5.91 Å². The second kappa shape index (κ2) is 9.20. The van der Waals surface area contributed by atoms with Crippen molar-refractivity contribution in [3.8, 4) is 0 Å². The summed E-state index contributed by atoms with van der Waals surface area (Å²) in [7, 11) is -2.16. The number of morpholine rings is 1. The molecule has 0 aliphatic carbocycles. The lowest BCUT2D eigenvalue weighted by Gasteiger charge is -2.26. The van der Waals surface area contributed by atoms with E-state index < -0.39 is 15.9 Å². The van der Waals surface area contributed by atoms with Crippen molar-refractivity contribution in [2.45, 2.75) is 11.4 Å². The minimum Gasteiger partial charge on any atom is -0.379 e. The fraction of sp³-hybridized carbons (Fsp3) is 0.316. The Bertz CT molecular complexity index is 1020. The van der Waals surface area contributed by atoms with Crippen molar-refractivity contribution in [2.75, 3.05) is 33.4 Å². The van der Waals surface area contributed by atoms with Crippen molar-refractivity contribution in [3.63, 3.8) is 0 Å². The molecule has 0 saturated carbocycles. The van der Waals surface area contributed by atoms with Crippen LogP contribution in [0.5, 0.6) is 0 Å². The molecule has 0 atom stereocenters. The van der Waals surface area contributed by atoms with Crippen LogP contribution in [0.1, 0.15) is 15.9 Å². The molecule has 1 aliphatic rings. The molecule has 0 unspecified atom stereocenters. The Labute approximate surface area is 185 Å². The number of rotatable bonds is 5. The Morgan fingerprint density at radius 3 is 2.48 bits per heavy atom. The number of carbonyl (C=O) groups is 1. The molecule has 0 bridgehead atoms. The molecule has 3 rings (SSSR count). The maximum absolute atomic E-state index is 13.0. The Kier molecular flexibility index (Phi) is 7.09. The summed E-state index contributed by atoms with van der Waals surface area (Å²) in [6.45, 7) is 1.39. The average molecular weight is 478 g/mol. The maximum Gasteiger partial charge on any atom is 0.255 e. The Balaban J connectivity index is 1.87. The van der Waals surface area contributed by atoms with E-state index in [0.29, 0.717) is 28.8 Å². The van der Waals surface area contributed by atoms with Crippen molar-refractivity contribution >= 4 is 50.7 Å². The van der Waals surface area contributed by atoms with E-state index in [1.807, 2.05) is 0 Å². The van der Waals surface area contributed by atoms with Gasteiger partial charge in [-0.1, -0.05) is 46.9 Å². The highest BCUT2D eigenvalue weighted by Gasteiger charge is 2.28. The third-order valence-electron chi connectivity index (χ3n) is 4.56. The molecule has 2 aromatic rings. The topological polar surface area (TPSA) is 66.9 Å². The first-order valence-corrected chi connectivity index (χ1v) is 11.3. The van der Waals surface area contributed by atoms with Gasteiger partial charge in [0.1, 0.15) is 0 Å². The summed E-state index contributed by atoms with van der Waals surface area (Å²) in [6.07, 6.45) is 0. The number of sulfonamides is 1. The molecule has 156 valence electrons. The lowest BCUT2D eigenvalue weighted by atomic mass is 10.1. The number of amides is 1. The lowest BCUT2D eigenvalue weighted by molar-refractivity contribution is 0.0730. The molecule has 29 heavy (non-hydrogen) atoms. The van der Waals surface area contributed by atoms with Crippen molar-refractivity contribution in [1.82, 2.24) is 9.21 Å². The molecule has 6 nitrogen and oxygen atoms in total. The monoisotopic (exact) mass is 476 g/mol. The second-order valence-electron chi connectivity index (χ2n) is 6.53. The summed E-state index contributed by atoms with van der Waals surface area (Å²) in [5.41, 5.74) is 0.768. The van der Waals surface area contributed by atoms with Gasteiger partial charge >= 0.3 is 0 Å². The lowest BCUT2D eigenvalue weighted by Crippen LogP contribution is -2.40. The summed E-state index contributed by atoms with van der Waals surface area (Å²) in [5, 5.41) is 0.921. The highest BCUT2D eigenvalue weighted by atomic mass is 35.5. The standard InChI is InChI=1S/C19H19Cl3N2O4S/c1-23(12-13-3-2-4-17(21)18(13)22)19(25)15-11-14(5-6-16(15)20)29(26,27)24-7-9-28-10-8-24/h2-6,11H,7-10,12H2,1H3. The quantitative estimate of drug-likeness (QED) is 0.654. The summed E-state index contributed by atoms with van der Waals surface area (Å²) in [5.74, 6) is -0.426. The zero-order valence-electron chi connectivity index (χ0n) is 15.6. The number of nitrogens with zero attached hydrogens (tertiary/aromatic N) is 2. The minimum absolute atomic E-state index is 0.0151. The number of benzene rings is 2. The van der Waals surface area contributed by atoms with Crippen LogP contribution in [0.25, 0.3) is 0 Å². The van der Waals surface area contributed by atoms with Gasteiger partial charge in [-0.2, -0.15) is 4.31 Å². The maximum atomic E-state index is 13.0. The molecule has 0 spiro atoms. The summed E-state index contributed by atoms with van der Waals surface area (Å²) in [6, 6.07) is 9.29. The fourth-order valence-corrected chi connectivity index (χ4v) is 4.98. The third kappa shape index (κ3) is 4.87. The van der Waals surface area contributed by atoms with Crippen molar-refractivity contribution in [2.24, 2.45) is 0 Å². The summed E-state index contributed by atoms with van der Waals surface area (Å²) < 4.78 is 32.3. The number of ether oxygens (including phenoxy) is 1. The van der Waals surface area contributed by atoms with E-state index in [1.54, 1.807) is 25.2 Å². The van der Waals surface area contributed by atoms with Crippen LogP contribution in [0.4, 0.5) is 0 Å². The molecular weight excluding hydrogens is 459 g/mol. The van der Waals surface area contributed by atoms with E-state index >= 15 is 0 Å². The van der Waals surface area contributed by atoms with Gasteiger partial charge in [-0.3, -0.25) is 4.79 Å². The van der Waals surface area contributed by atoms with Crippen LogP contribution in [0.15, 0.2) is 41.3 Å². The van der Waals surface area contributed by atoms with Gasteiger partial charge in [0, 0.05) is 26.7 Å². The molecule has 1 fully saturated rings. The zero-order valence-corrected chi connectivity index (χ0v) is 18.7. The molecule has 1 aliphatic heterocycles. The molecular formula is C19H19Cl3N2O4S. The van der Waals surface area contributed by atoms with E-state index in [4.69, 9.17) is 39.5 Å². The third-order valence-corrected chi connectivity index (χ3v) is 7.64. The van der Waals surface area contributed by atoms with Crippen LogP contribution in [0.2, 0.25) is 15.1 Å². The van der Waals surface area contributed by atoms with Gasteiger partial charge in [-0.15, -0.1) is 0 Å². The summed E-state index contributed by atoms with van der Waals surface area (Å²) in [4.78, 5) is 14.4. The number of hydrogen-bond donors (Lipinski definition) is 0. The Morgan fingerprint density at radius 1 is 1.10 bits per heavy atom. The predicted octanol–water partition coefficient (Wildman–Crippen LogP) is 3.94. The van der Waals surface area contributed by atoms with E-state index in [2.05, 4.69) is 0 Å². The van der Waals surface area contributed by atoms with E-state index in [9.17, 15) is 13.2 Å². The normalized spacial score (nSPS) is 15.3. The first kappa shape index (κ1) is 22.3. The highest BCUT2D eigenvalue weighted by molar-refractivity contribution is 7.89. The molecule has 0 aromatic heterocycles. The minimum atomic E-state index is -3.75. The van der Waals surface area contributed by atoms with E-state index in [0.717, 1.165) is 0 Å². The van der Waals surface area contributed by atoms with E-state index in [1.165, 1.54) is 27.4 Å². The van der Waals surface area contributed by atoms with Gasteiger partial charge in [0.2, 0.25) is 10.0 Å². The molecule has 1 saturated heterocycles. The van der Waals surface area contributed by atoms with Gasteiger partial charge in [0.05, 0.1) is 38.7 Å². The van der Waals surface area contributed by atoms with Gasteiger partial charge in [0.15, 0.2) is 0 Å².